The van der Waals surface area contributed by atoms with Crippen molar-refractivity contribution in [3.63, 3.8) is 0 Å². The highest BCUT2D eigenvalue weighted by Crippen LogP contribution is 2.39. The third-order valence-corrected chi connectivity index (χ3v) is 4.81. The molecule has 5 heteroatoms. The fraction of sp³-hybridized carbons (Fsp3) is 0.600. The first kappa shape index (κ1) is 12.7. The van der Waals surface area contributed by atoms with Gasteiger partial charge in [-0.3, -0.25) is 4.90 Å². The van der Waals surface area contributed by atoms with Crippen molar-refractivity contribution < 1.29 is 9.47 Å². The summed E-state index contributed by atoms with van der Waals surface area (Å²) in [5, 5.41) is 4.14. The molecule has 1 aromatic carbocycles. The first-order valence-electron chi connectivity index (χ1n) is 7.30. The number of hydrogen-bond acceptors (Lipinski definition) is 4. The molecule has 4 nitrogen and oxygen atoms in total. The quantitative estimate of drug-likeness (QED) is 0.901. The Kier molecular flexibility index (Phi) is 3.25. The summed E-state index contributed by atoms with van der Waals surface area (Å²) < 4.78 is 11.2. The number of ether oxygens (including phenoxy) is 2. The number of likely N-dealkylation sites (tertiary alicyclic amines) is 1. The molecule has 0 amide bonds. The van der Waals surface area contributed by atoms with Crippen molar-refractivity contribution in [2.45, 2.75) is 6.54 Å². The van der Waals surface area contributed by atoms with Crippen LogP contribution in [0.5, 0.6) is 11.5 Å². The lowest BCUT2D eigenvalue weighted by Gasteiger charge is -2.22. The van der Waals surface area contributed by atoms with Crippen LogP contribution < -0.4 is 14.8 Å². The van der Waals surface area contributed by atoms with Crippen LogP contribution in [0, 0.1) is 11.8 Å². The van der Waals surface area contributed by atoms with Crippen LogP contribution in [-0.4, -0.2) is 44.3 Å². The van der Waals surface area contributed by atoms with E-state index in [4.69, 9.17) is 21.1 Å². The predicted octanol–water partition coefficient (Wildman–Crippen LogP) is 1.76. The van der Waals surface area contributed by atoms with Crippen LogP contribution in [0.15, 0.2) is 12.1 Å². The number of nitrogens with zero attached hydrogens (tertiary/aromatic N) is 1. The molecule has 3 aliphatic rings. The average Bonchev–Trinajstić information content (AvgIpc) is 2.99. The SMILES string of the molecule is Clc1cc(CN2C[C@H]3CNC[C@H]3C2)cc2c1OCCO2. The Hall–Kier alpha value is -0.970. The minimum Gasteiger partial charge on any atom is -0.486 e. The molecule has 0 aliphatic carbocycles. The van der Waals surface area contributed by atoms with E-state index in [1.54, 1.807) is 0 Å². The van der Waals surface area contributed by atoms with Gasteiger partial charge in [0.2, 0.25) is 0 Å². The van der Waals surface area contributed by atoms with Crippen LogP contribution in [0.2, 0.25) is 5.02 Å². The highest BCUT2D eigenvalue weighted by Gasteiger charge is 2.35. The van der Waals surface area contributed by atoms with E-state index in [2.05, 4.69) is 16.3 Å². The Labute approximate surface area is 124 Å². The average molecular weight is 295 g/mol. The van der Waals surface area contributed by atoms with Gasteiger partial charge in [-0.15, -0.1) is 0 Å². The van der Waals surface area contributed by atoms with Gasteiger partial charge in [-0.25, -0.2) is 0 Å². The van der Waals surface area contributed by atoms with E-state index in [1.807, 2.05) is 6.07 Å². The maximum absolute atomic E-state index is 6.30. The first-order chi connectivity index (χ1) is 9.79. The zero-order chi connectivity index (χ0) is 13.5. The van der Waals surface area contributed by atoms with E-state index in [-0.39, 0.29) is 0 Å². The summed E-state index contributed by atoms with van der Waals surface area (Å²) in [5.41, 5.74) is 1.21. The van der Waals surface area contributed by atoms with E-state index in [0.717, 1.165) is 24.1 Å². The summed E-state index contributed by atoms with van der Waals surface area (Å²) in [6.45, 7) is 6.84. The van der Waals surface area contributed by atoms with Crippen LogP contribution >= 0.6 is 11.6 Å². The largest absolute Gasteiger partial charge is 0.486 e. The molecule has 0 aromatic heterocycles. The third kappa shape index (κ3) is 2.26. The number of hydrogen-bond donors (Lipinski definition) is 1. The number of benzene rings is 1. The number of nitrogens with one attached hydrogen (secondary N) is 1. The Balaban J connectivity index is 1.50. The molecular weight excluding hydrogens is 276 g/mol. The normalized spacial score (nSPS) is 28.6. The Morgan fingerprint density at radius 1 is 1.15 bits per heavy atom. The molecule has 3 aliphatic heterocycles. The van der Waals surface area contributed by atoms with Crippen molar-refractivity contribution in [1.82, 2.24) is 10.2 Å². The zero-order valence-corrected chi connectivity index (χ0v) is 12.2. The summed E-state index contributed by atoms with van der Waals surface area (Å²) >= 11 is 6.30. The zero-order valence-electron chi connectivity index (χ0n) is 11.4. The topological polar surface area (TPSA) is 33.7 Å². The van der Waals surface area contributed by atoms with E-state index >= 15 is 0 Å². The van der Waals surface area contributed by atoms with E-state index < -0.39 is 0 Å². The summed E-state index contributed by atoms with van der Waals surface area (Å²) in [4.78, 5) is 2.53. The van der Waals surface area contributed by atoms with E-state index in [0.29, 0.717) is 24.0 Å². The molecule has 2 fully saturated rings. The molecule has 3 heterocycles. The lowest BCUT2D eigenvalue weighted by molar-refractivity contribution is 0.171. The summed E-state index contributed by atoms with van der Waals surface area (Å²) in [6.07, 6.45) is 0. The van der Waals surface area contributed by atoms with Crippen LogP contribution in [0.4, 0.5) is 0 Å². The lowest BCUT2D eigenvalue weighted by atomic mass is 10.0. The van der Waals surface area contributed by atoms with E-state index in [1.165, 1.54) is 31.7 Å². The molecule has 20 heavy (non-hydrogen) atoms. The smallest absolute Gasteiger partial charge is 0.179 e. The van der Waals surface area contributed by atoms with Gasteiger partial charge < -0.3 is 14.8 Å². The second-order valence-corrected chi connectivity index (χ2v) is 6.38. The fourth-order valence-corrected chi connectivity index (χ4v) is 3.88. The number of halogens is 1. The van der Waals surface area contributed by atoms with Crippen LogP contribution in [-0.2, 0) is 6.54 Å². The molecule has 0 unspecified atom stereocenters. The van der Waals surface area contributed by atoms with Gasteiger partial charge in [0.15, 0.2) is 11.5 Å². The molecular formula is C15H19ClN2O2. The molecule has 0 radical (unpaired) electrons. The highest BCUT2D eigenvalue weighted by atomic mass is 35.5. The predicted molar refractivity (Wildman–Crippen MR) is 77.6 cm³/mol. The number of fused-ring (bicyclic) bond motifs is 2. The van der Waals surface area contributed by atoms with Gasteiger partial charge in [-0.1, -0.05) is 11.6 Å². The Morgan fingerprint density at radius 3 is 2.70 bits per heavy atom. The second-order valence-electron chi connectivity index (χ2n) is 5.97. The summed E-state index contributed by atoms with van der Waals surface area (Å²) in [7, 11) is 0. The Bertz CT molecular complexity index is 511. The first-order valence-corrected chi connectivity index (χ1v) is 7.68. The van der Waals surface area contributed by atoms with Crippen LogP contribution in [0.25, 0.3) is 0 Å². The number of rotatable bonds is 2. The van der Waals surface area contributed by atoms with Crippen molar-refractivity contribution in [3.8, 4) is 11.5 Å². The van der Waals surface area contributed by atoms with Crippen molar-refractivity contribution in [3.05, 3.63) is 22.7 Å². The molecule has 108 valence electrons. The van der Waals surface area contributed by atoms with Crippen LogP contribution in [0.3, 0.4) is 0 Å². The minimum atomic E-state index is 0.578. The van der Waals surface area contributed by atoms with Gasteiger partial charge in [-0.2, -0.15) is 0 Å². The van der Waals surface area contributed by atoms with Crippen molar-refractivity contribution >= 4 is 11.6 Å². The van der Waals surface area contributed by atoms with Gasteiger partial charge in [0, 0.05) is 19.6 Å². The fourth-order valence-electron chi connectivity index (χ4n) is 3.60. The lowest BCUT2D eigenvalue weighted by Crippen LogP contribution is -2.25. The van der Waals surface area contributed by atoms with Crippen molar-refractivity contribution in [1.29, 1.82) is 0 Å². The molecule has 0 bridgehead atoms. The Morgan fingerprint density at radius 2 is 1.90 bits per heavy atom. The van der Waals surface area contributed by atoms with Gasteiger partial charge >= 0.3 is 0 Å². The molecule has 4 rings (SSSR count). The van der Waals surface area contributed by atoms with Crippen LogP contribution in [0.1, 0.15) is 5.56 Å². The maximum atomic E-state index is 6.30. The molecule has 1 aromatic rings. The second kappa shape index (κ2) is 5.10. The summed E-state index contributed by atoms with van der Waals surface area (Å²) in [6, 6.07) is 4.09. The highest BCUT2D eigenvalue weighted by molar-refractivity contribution is 6.32. The van der Waals surface area contributed by atoms with Gasteiger partial charge in [0.1, 0.15) is 13.2 Å². The molecule has 2 atom stereocenters. The standard InChI is InChI=1S/C15H19ClN2O2/c16-13-3-10(4-14-15(13)20-2-1-19-14)7-18-8-11-5-17-6-12(11)9-18/h3-4,11-12,17H,1-2,5-9H2/t11-,12+. The molecule has 1 N–H and O–H groups in total. The molecule has 0 spiro atoms. The van der Waals surface area contributed by atoms with Crippen molar-refractivity contribution in [2.24, 2.45) is 11.8 Å². The summed E-state index contributed by atoms with van der Waals surface area (Å²) in [5.74, 6) is 3.13. The molecule has 2 saturated heterocycles. The molecule has 0 saturated carbocycles. The minimum absolute atomic E-state index is 0.578. The van der Waals surface area contributed by atoms with Crippen molar-refractivity contribution in [2.75, 3.05) is 39.4 Å². The van der Waals surface area contributed by atoms with Gasteiger partial charge in [0.05, 0.1) is 5.02 Å². The van der Waals surface area contributed by atoms with E-state index in [9.17, 15) is 0 Å². The van der Waals surface area contributed by atoms with Gasteiger partial charge in [-0.05, 0) is 42.6 Å². The third-order valence-electron chi connectivity index (χ3n) is 4.53. The maximum Gasteiger partial charge on any atom is 0.179 e. The van der Waals surface area contributed by atoms with Gasteiger partial charge in [0.25, 0.3) is 0 Å². The monoisotopic (exact) mass is 294 g/mol.